The number of carbonyl (C=O) groups excluding carboxylic acids is 1. The van der Waals surface area contributed by atoms with Crippen molar-refractivity contribution in [2.45, 2.75) is 18.3 Å². The molecule has 0 bridgehead atoms. The van der Waals surface area contributed by atoms with Crippen molar-refractivity contribution in [3.8, 4) is 0 Å². The first-order valence-corrected chi connectivity index (χ1v) is 7.24. The summed E-state index contributed by atoms with van der Waals surface area (Å²) in [5.41, 5.74) is -3.40. The molecule has 2 aromatic carbocycles. The number of nitrogens with zero attached hydrogens (tertiary/aromatic N) is 2. The number of hydrogen-bond donors (Lipinski definition) is 1. The lowest BCUT2D eigenvalue weighted by Gasteiger charge is -2.32. The van der Waals surface area contributed by atoms with Gasteiger partial charge in [-0.1, -0.05) is 30.3 Å². The van der Waals surface area contributed by atoms with Crippen LogP contribution in [0.2, 0.25) is 0 Å². The van der Waals surface area contributed by atoms with Gasteiger partial charge in [0.1, 0.15) is 5.82 Å². The quantitative estimate of drug-likeness (QED) is 0.843. The second-order valence-electron chi connectivity index (χ2n) is 5.53. The van der Waals surface area contributed by atoms with Gasteiger partial charge in [0.05, 0.1) is 12.1 Å². The third-order valence-corrected chi connectivity index (χ3v) is 3.83. The molecule has 0 aliphatic carbocycles. The van der Waals surface area contributed by atoms with E-state index >= 15 is 0 Å². The summed E-state index contributed by atoms with van der Waals surface area (Å²) in [5, 5.41) is 13.9. The van der Waals surface area contributed by atoms with Crippen LogP contribution in [0.5, 0.6) is 0 Å². The Labute approximate surface area is 140 Å². The number of rotatable bonds is 2. The normalized spacial score (nSPS) is 20.5. The Morgan fingerprint density at radius 2 is 1.68 bits per heavy atom. The van der Waals surface area contributed by atoms with E-state index in [0.717, 1.165) is 24.3 Å². The first-order valence-electron chi connectivity index (χ1n) is 7.24. The monoisotopic (exact) mass is 352 g/mol. The molecule has 2 aromatic rings. The topological polar surface area (TPSA) is 52.9 Å². The molecule has 0 radical (unpaired) electrons. The molecule has 0 saturated heterocycles. The van der Waals surface area contributed by atoms with Crippen LogP contribution in [0, 0.1) is 5.82 Å². The number of amides is 1. The lowest BCUT2D eigenvalue weighted by molar-refractivity contribution is -0.297. The molecule has 130 valence electrons. The highest BCUT2D eigenvalue weighted by Gasteiger charge is 2.63. The van der Waals surface area contributed by atoms with Gasteiger partial charge >= 0.3 is 6.18 Å². The maximum Gasteiger partial charge on any atom is 0.438 e. The van der Waals surface area contributed by atoms with E-state index in [2.05, 4.69) is 5.10 Å². The molecule has 4 nitrogen and oxygen atoms in total. The van der Waals surface area contributed by atoms with Crippen molar-refractivity contribution in [3.05, 3.63) is 71.5 Å². The summed E-state index contributed by atoms with van der Waals surface area (Å²) in [6.45, 7) is 0. The number of benzene rings is 2. The summed E-state index contributed by atoms with van der Waals surface area (Å²) in [6.07, 6.45) is -6.02. The highest BCUT2D eigenvalue weighted by molar-refractivity contribution is 6.05. The Hall–Kier alpha value is -2.74. The molecule has 25 heavy (non-hydrogen) atoms. The van der Waals surface area contributed by atoms with E-state index in [-0.39, 0.29) is 16.3 Å². The number of carbonyl (C=O) groups is 1. The first kappa shape index (κ1) is 17.1. The molecule has 0 saturated carbocycles. The molecule has 1 amide bonds. The second kappa shape index (κ2) is 5.96. The van der Waals surface area contributed by atoms with E-state index in [1.807, 2.05) is 0 Å². The van der Waals surface area contributed by atoms with Crippen molar-refractivity contribution >= 4 is 11.6 Å². The van der Waals surface area contributed by atoms with E-state index in [0.29, 0.717) is 5.56 Å². The lowest BCUT2D eigenvalue weighted by atomic mass is 10.0. The first-order chi connectivity index (χ1) is 11.7. The van der Waals surface area contributed by atoms with Gasteiger partial charge < -0.3 is 5.11 Å². The van der Waals surface area contributed by atoms with Crippen LogP contribution in [0.4, 0.5) is 17.6 Å². The zero-order valence-electron chi connectivity index (χ0n) is 12.7. The van der Waals surface area contributed by atoms with E-state index in [1.165, 1.54) is 12.1 Å². The van der Waals surface area contributed by atoms with Gasteiger partial charge in [-0.15, -0.1) is 0 Å². The Morgan fingerprint density at radius 1 is 1.08 bits per heavy atom. The van der Waals surface area contributed by atoms with Gasteiger partial charge in [0.2, 0.25) is 0 Å². The van der Waals surface area contributed by atoms with Crippen molar-refractivity contribution in [2.75, 3.05) is 0 Å². The molecular formula is C17H12F4N2O2. The Kier molecular flexibility index (Phi) is 4.08. The van der Waals surface area contributed by atoms with Crippen LogP contribution >= 0.6 is 0 Å². The molecule has 0 spiro atoms. The predicted octanol–water partition coefficient (Wildman–Crippen LogP) is 3.33. The fourth-order valence-corrected chi connectivity index (χ4v) is 2.49. The van der Waals surface area contributed by atoms with Gasteiger partial charge in [0.15, 0.2) is 0 Å². The molecule has 1 aliphatic heterocycles. The van der Waals surface area contributed by atoms with Gasteiger partial charge in [-0.2, -0.15) is 23.3 Å². The molecule has 1 aliphatic rings. The molecule has 0 unspecified atom stereocenters. The predicted molar refractivity (Wildman–Crippen MR) is 81.2 cm³/mol. The van der Waals surface area contributed by atoms with Gasteiger partial charge in [-0.05, 0) is 29.8 Å². The van der Waals surface area contributed by atoms with E-state index in [4.69, 9.17) is 0 Å². The van der Waals surface area contributed by atoms with Crippen LogP contribution in [-0.4, -0.2) is 33.6 Å². The van der Waals surface area contributed by atoms with Crippen LogP contribution in [0.1, 0.15) is 22.3 Å². The Bertz CT molecular complexity index is 819. The van der Waals surface area contributed by atoms with Gasteiger partial charge in [-0.3, -0.25) is 4.79 Å². The van der Waals surface area contributed by atoms with E-state index in [9.17, 15) is 27.5 Å². The number of hydrazone groups is 1. The number of halogens is 4. The van der Waals surface area contributed by atoms with Crippen molar-refractivity contribution in [1.82, 2.24) is 5.01 Å². The van der Waals surface area contributed by atoms with Crippen LogP contribution in [-0.2, 0) is 0 Å². The van der Waals surface area contributed by atoms with E-state index < -0.39 is 30.0 Å². The molecule has 0 aromatic heterocycles. The third-order valence-electron chi connectivity index (χ3n) is 3.83. The average Bonchev–Trinajstić information content (AvgIpc) is 2.95. The zero-order chi connectivity index (χ0) is 18.2. The fourth-order valence-electron chi connectivity index (χ4n) is 2.49. The summed E-state index contributed by atoms with van der Waals surface area (Å²) in [6, 6.07) is 11.9. The molecule has 1 heterocycles. The van der Waals surface area contributed by atoms with Crippen LogP contribution < -0.4 is 0 Å². The molecule has 1 N–H and O–H groups in total. The Morgan fingerprint density at radius 3 is 2.24 bits per heavy atom. The van der Waals surface area contributed by atoms with Crippen molar-refractivity contribution < 1.29 is 27.5 Å². The van der Waals surface area contributed by atoms with Crippen LogP contribution in [0.3, 0.4) is 0 Å². The fraction of sp³-hybridized carbons (Fsp3) is 0.176. The maximum absolute atomic E-state index is 13.4. The van der Waals surface area contributed by atoms with Gasteiger partial charge in [0.25, 0.3) is 11.6 Å². The molecule has 8 heteroatoms. The van der Waals surface area contributed by atoms with Gasteiger partial charge in [0, 0.05) is 5.56 Å². The summed E-state index contributed by atoms with van der Waals surface area (Å²) in [5.74, 6) is -1.82. The second-order valence-corrected chi connectivity index (χ2v) is 5.53. The average molecular weight is 352 g/mol. The van der Waals surface area contributed by atoms with Crippen molar-refractivity contribution in [3.63, 3.8) is 0 Å². The summed E-state index contributed by atoms with van der Waals surface area (Å²) >= 11 is 0. The van der Waals surface area contributed by atoms with Crippen LogP contribution in [0.15, 0.2) is 59.7 Å². The minimum atomic E-state index is -5.12. The number of alkyl halides is 3. The van der Waals surface area contributed by atoms with Crippen molar-refractivity contribution in [1.29, 1.82) is 0 Å². The Balaban J connectivity index is 2.04. The zero-order valence-corrected chi connectivity index (χ0v) is 12.7. The maximum atomic E-state index is 13.4. The SMILES string of the molecule is O=C(c1ccc(F)cc1)N1N=C(c2ccccc2)C[C@@]1(O)C(F)(F)F. The molecule has 3 rings (SSSR count). The lowest BCUT2D eigenvalue weighted by Crippen LogP contribution is -2.56. The summed E-state index contributed by atoms with van der Waals surface area (Å²) in [7, 11) is 0. The minimum absolute atomic E-state index is 0.0164. The molecule has 0 fully saturated rings. The summed E-state index contributed by atoms with van der Waals surface area (Å²) < 4.78 is 53.3. The highest BCUT2D eigenvalue weighted by atomic mass is 19.4. The standard InChI is InChI=1S/C17H12F4N2O2/c18-13-8-6-12(7-9-13)15(24)23-16(25,17(19,20)21)10-14(22-23)11-4-2-1-3-5-11/h1-9,25H,10H2/t16-/m1/s1. The summed E-state index contributed by atoms with van der Waals surface area (Å²) in [4.78, 5) is 12.4. The third kappa shape index (κ3) is 3.00. The highest BCUT2D eigenvalue weighted by Crippen LogP contribution is 2.41. The van der Waals surface area contributed by atoms with Crippen molar-refractivity contribution in [2.24, 2.45) is 5.10 Å². The largest absolute Gasteiger partial charge is 0.438 e. The molecule has 1 atom stereocenters. The molecular weight excluding hydrogens is 340 g/mol. The van der Waals surface area contributed by atoms with Crippen LogP contribution in [0.25, 0.3) is 0 Å². The smallest absolute Gasteiger partial charge is 0.362 e. The van der Waals surface area contributed by atoms with Gasteiger partial charge in [-0.25, -0.2) is 4.39 Å². The number of hydrogen-bond acceptors (Lipinski definition) is 3. The minimum Gasteiger partial charge on any atom is -0.362 e. The number of aliphatic hydroxyl groups is 1. The van der Waals surface area contributed by atoms with E-state index in [1.54, 1.807) is 18.2 Å².